The van der Waals surface area contributed by atoms with Gasteiger partial charge in [-0.05, 0) is 112 Å². The number of hydrogen-bond donors (Lipinski definition) is 0. The largest absolute Gasteiger partial charge is 0.455 e. The van der Waals surface area contributed by atoms with E-state index in [2.05, 4.69) is 246 Å². The summed E-state index contributed by atoms with van der Waals surface area (Å²) in [4.78, 5) is 2.35. The average molecular weight is 805 g/mol. The summed E-state index contributed by atoms with van der Waals surface area (Å²) in [5, 5.41) is 4.74. The molecule has 0 spiro atoms. The van der Waals surface area contributed by atoms with Gasteiger partial charge in [-0.15, -0.1) is 0 Å². The molecule has 12 aromatic rings. The Labute approximate surface area is 366 Å². The van der Waals surface area contributed by atoms with E-state index in [1.807, 2.05) is 6.07 Å². The van der Waals surface area contributed by atoms with Gasteiger partial charge in [-0.1, -0.05) is 170 Å². The summed E-state index contributed by atoms with van der Waals surface area (Å²) < 4.78 is 8.88. The maximum Gasteiger partial charge on any atom is 0.143 e. The molecule has 10 aromatic carbocycles. The Balaban J connectivity index is 0.937. The van der Waals surface area contributed by atoms with Crippen LogP contribution in [0, 0.1) is 0 Å². The molecule has 3 nitrogen and oxygen atoms in total. The van der Waals surface area contributed by atoms with Gasteiger partial charge >= 0.3 is 0 Å². The van der Waals surface area contributed by atoms with Gasteiger partial charge in [0.1, 0.15) is 11.2 Å². The van der Waals surface area contributed by atoms with Crippen LogP contribution in [0.5, 0.6) is 0 Å². The van der Waals surface area contributed by atoms with Crippen LogP contribution in [0.25, 0.3) is 93.9 Å². The average Bonchev–Trinajstić information content (AvgIpc) is 3.91. The van der Waals surface area contributed by atoms with E-state index in [1.54, 1.807) is 0 Å². The van der Waals surface area contributed by atoms with Crippen LogP contribution < -0.4 is 4.90 Å². The summed E-state index contributed by atoms with van der Waals surface area (Å²) in [6.07, 6.45) is 0. The molecule has 0 aliphatic heterocycles. The first-order valence-electron chi connectivity index (χ1n) is 21.5. The molecule has 2 aromatic heterocycles. The lowest BCUT2D eigenvalue weighted by Gasteiger charge is -2.26. The molecular weight excluding hydrogens is 765 g/mol. The summed E-state index contributed by atoms with van der Waals surface area (Å²) >= 11 is 0. The summed E-state index contributed by atoms with van der Waals surface area (Å²) in [6.45, 7) is 0. The fourth-order valence-corrected chi connectivity index (χ4v) is 9.42. The lowest BCUT2D eigenvalue weighted by molar-refractivity contribution is 0.670. The second kappa shape index (κ2) is 15.3. The minimum Gasteiger partial charge on any atom is -0.455 e. The van der Waals surface area contributed by atoms with E-state index in [4.69, 9.17) is 4.42 Å². The highest BCUT2D eigenvalue weighted by Gasteiger charge is 2.18. The number of furan rings is 1. The molecule has 63 heavy (non-hydrogen) atoms. The minimum absolute atomic E-state index is 0.888. The molecule has 0 unspecified atom stereocenters. The maximum absolute atomic E-state index is 6.51. The minimum atomic E-state index is 0.888. The summed E-state index contributed by atoms with van der Waals surface area (Å²) in [7, 11) is 0. The van der Waals surface area contributed by atoms with E-state index < -0.39 is 0 Å². The molecule has 12 rings (SSSR count). The van der Waals surface area contributed by atoms with E-state index in [9.17, 15) is 0 Å². The lowest BCUT2D eigenvalue weighted by atomic mass is 9.94. The van der Waals surface area contributed by atoms with Crippen LogP contribution in [-0.4, -0.2) is 4.57 Å². The standard InChI is InChI=1S/C60H40N2O/c1-3-14-42(15-4-1)50-18-7-8-19-51(50)44-28-33-47(34-29-44)61(48-35-37-49(38-36-48)62-57-24-11-9-20-53(57)54-21-10-12-25-58(54)62)46-31-26-41(27-32-46)45-30-39-59-56(40-45)55-23-13-22-52(60(55)63-59)43-16-5-2-6-17-43/h1-40H. The topological polar surface area (TPSA) is 21.3 Å². The Morgan fingerprint density at radius 1 is 0.302 bits per heavy atom. The number of rotatable bonds is 8. The third kappa shape index (κ3) is 6.38. The molecule has 0 saturated carbocycles. The third-order valence-electron chi connectivity index (χ3n) is 12.4. The SMILES string of the molecule is c1ccc(-c2ccccc2-c2ccc(N(c3ccc(-c4ccc5oc6c(-c7ccccc7)cccc6c5c4)cc3)c3ccc(-n4c5ccccc5c5ccccc54)cc3)cc2)cc1. The molecule has 0 radical (unpaired) electrons. The first-order chi connectivity index (χ1) is 31.2. The molecule has 0 atom stereocenters. The molecule has 0 fully saturated rings. The first-order valence-corrected chi connectivity index (χ1v) is 21.5. The summed E-state index contributed by atoms with van der Waals surface area (Å²) in [5.41, 5.74) is 17.9. The van der Waals surface area contributed by atoms with Gasteiger partial charge in [-0.2, -0.15) is 0 Å². The number of para-hydroxylation sites is 3. The highest BCUT2D eigenvalue weighted by molar-refractivity contribution is 6.11. The van der Waals surface area contributed by atoms with E-state index >= 15 is 0 Å². The highest BCUT2D eigenvalue weighted by atomic mass is 16.3. The Morgan fingerprint density at radius 3 is 1.35 bits per heavy atom. The van der Waals surface area contributed by atoms with Crippen LogP contribution >= 0.6 is 0 Å². The zero-order chi connectivity index (χ0) is 41.7. The monoisotopic (exact) mass is 804 g/mol. The fraction of sp³-hybridized carbons (Fsp3) is 0. The Bertz CT molecular complexity index is 3530. The third-order valence-corrected chi connectivity index (χ3v) is 12.4. The van der Waals surface area contributed by atoms with Gasteiger partial charge in [0, 0.05) is 49.9 Å². The van der Waals surface area contributed by atoms with Gasteiger partial charge in [-0.25, -0.2) is 0 Å². The van der Waals surface area contributed by atoms with Crippen LogP contribution in [0.1, 0.15) is 0 Å². The van der Waals surface area contributed by atoms with Crippen LogP contribution in [-0.2, 0) is 0 Å². The number of hydrogen-bond acceptors (Lipinski definition) is 2. The molecule has 2 heterocycles. The second-order valence-corrected chi connectivity index (χ2v) is 16.1. The smallest absolute Gasteiger partial charge is 0.143 e. The quantitative estimate of drug-likeness (QED) is 0.153. The Morgan fingerprint density at radius 2 is 0.746 bits per heavy atom. The predicted molar refractivity (Wildman–Crippen MR) is 264 cm³/mol. The van der Waals surface area contributed by atoms with Crippen molar-refractivity contribution in [2.24, 2.45) is 0 Å². The van der Waals surface area contributed by atoms with Crippen molar-refractivity contribution in [1.29, 1.82) is 0 Å². The van der Waals surface area contributed by atoms with Crippen molar-refractivity contribution in [3.8, 4) is 50.2 Å². The van der Waals surface area contributed by atoms with Gasteiger partial charge in [-0.3, -0.25) is 0 Å². The first kappa shape index (κ1) is 36.5. The molecule has 0 saturated heterocycles. The summed E-state index contributed by atoms with van der Waals surface area (Å²) in [5.74, 6) is 0. The molecule has 296 valence electrons. The van der Waals surface area contributed by atoms with Crippen molar-refractivity contribution >= 4 is 60.8 Å². The second-order valence-electron chi connectivity index (χ2n) is 16.1. The van der Waals surface area contributed by atoms with E-state index in [-0.39, 0.29) is 0 Å². The molecular formula is C60H40N2O. The van der Waals surface area contributed by atoms with Crippen LogP contribution in [0.4, 0.5) is 17.1 Å². The van der Waals surface area contributed by atoms with E-state index in [0.29, 0.717) is 0 Å². The predicted octanol–water partition coefficient (Wildman–Crippen LogP) is 16.8. The van der Waals surface area contributed by atoms with Crippen molar-refractivity contribution in [3.05, 3.63) is 243 Å². The fourth-order valence-electron chi connectivity index (χ4n) is 9.42. The van der Waals surface area contributed by atoms with Crippen molar-refractivity contribution < 1.29 is 4.42 Å². The van der Waals surface area contributed by atoms with Gasteiger partial charge in [0.25, 0.3) is 0 Å². The van der Waals surface area contributed by atoms with Crippen molar-refractivity contribution in [2.45, 2.75) is 0 Å². The number of nitrogens with zero attached hydrogens (tertiary/aromatic N) is 2. The van der Waals surface area contributed by atoms with Crippen LogP contribution in [0.3, 0.4) is 0 Å². The number of benzene rings is 10. The summed E-state index contributed by atoms with van der Waals surface area (Å²) in [6, 6.07) is 87.0. The zero-order valence-electron chi connectivity index (χ0n) is 34.4. The van der Waals surface area contributed by atoms with Gasteiger partial charge < -0.3 is 13.9 Å². The van der Waals surface area contributed by atoms with E-state index in [1.165, 1.54) is 44.1 Å². The molecule has 0 bridgehead atoms. The Hall–Kier alpha value is -8.40. The van der Waals surface area contributed by atoms with Crippen molar-refractivity contribution in [2.75, 3.05) is 4.90 Å². The maximum atomic E-state index is 6.51. The van der Waals surface area contributed by atoms with Gasteiger partial charge in [0.15, 0.2) is 0 Å². The number of aromatic nitrogens is 1. The molecule has 0 amide bonds. The van der Waals surface area contributed by atoms with Crippen LogP contribution in [0.15, 0.2) is 247 Å². The van der Waals surface area contributed by atoms with Gasteiger partial charge in [0.2, 0.25) is 0 Å². The number of fused-ring (bicyclic) bond motifs is 6. The molecule has 0 N–H and O–H groups in total. The van der Waals surface area contributed by atoms with E-state index in [0.717, 1.165) is 66.9 Å². The molecule has 3 heteroatoms. The van der Waals surface area contributed by atoms with Crippen molar-refractivity contribution in [3.63, 3.8) is 0 Å². The normalized spacial score (nSPS) is 11.5. The molecule has 0 aliphatic rings. The van der Waals surface area contributed by atoms with Gasteiger partial charge in [0.05, 0.1) is 11.0 Å². The lowest BCUT2D eigenvalue weighted by Crippen LogP contribution is -2.10. The van der Waals surface area contributed by atoms with Crippen LogP contribution in [0.2, 0.25) is 0 Å². The molecule has 0 aliphatic carbocycles. The zero-order valence-corrected chi connectivity index (χ0v) is 34.4. The highest BCUT2D eigenvalue weighted by Crippen LogP contribution is 2.41. The Kier molecular flexibility index (Phi) is 8.83. The van der Waals surface area contributed by atoms with Crippen molar-refractivity contribution in [1.82, 2.24) is 4.57 Å². The number of anilines is 3.